The van der Waals surface area contributed by atoms with Gasteiger partial charge in [0.05, 0.1) is 36.9 Å². The predicted octanol–water partition coefficient (Wildman–Crippen LogP) is 1.63. The third-order valence-corrected chi connectivity index (χ3v) is 2.74. The van der Waals surface area contributed by atoms with Crippen LogP contribution in [0, 0.1) is 34.0 Å². The number of carbonyl (C=O) groups excluding carboxylic acids is 1. The highest BCUT2D eigenvalue weighted by atomic mass is 16.1. The SMILES string of the molecule is N#CCN(CC#N)CCCC(=O)Nc1cccc(C#N)c1. The van der Waals surface area contributed by atoms with Crippen LogP contribution in [0.5, 0.6) is 0 Å². The molecule has 6 nitrogen and oxygen atoms in total. The largest absolute Gasteiger partial charge is 0.326 e. The molecule has 6 heteroatoms. The number of rotatable bonds is 7. The van der Waals surface area contributed by atoms with Crippen molar-refractivity contribution < 1.29 is 4.79 Å². The molecule has 0 atom stereocenters. The summed E-state index contributed by atoms with van der Waals surface area (Å²) in [6.07, 6.45) is 0.858. The van der Waals surface area contributed by atoms with Gasteiger partial charge in [0.15, 0.2) is 0 Å². The van der Waals surface area contributed by atoms with E-state index in [1.54, 1.807) is 29.2 Å². The lowest BCUT2D eigenvalue weighted by molar-refractivity contribution is -0.116. The molecular weight excluding hydrogens is 266 g/mol. The molecule has 0 unspecified atom stereocenters. The molecule has 0 aromatic heterocycles. The van der Waals surface area contributed by atoms with Gasteiger partial charge in [-0.1, -0.05) is 6.07 Å². The van der Waals surface area contributed by atoms with Crippen molar-refractivity contribution in [3.63, 3.8) is 0 Å². The monoisotopic (exact) mass is 281 g/mol. The number of hydrogen-bond donors (Lipinski definition) is 1. The Labute approximate surface area is 123 Å². The quantitative estimate of drug-likeness (QED) is 0.765. The van der Waals surface area contributed by atoms with Gasteiger partial charge in [-0.15, -0.1) is 0 Å². The predicted molar refractivity (Wildman–Crippen MR) is 76.7 cm³/mol. The van der Waals surface area contributed by atoms with Crippen molar-refractivity contribution in [1.29, 1.82) is 15.8 Å². The number of benzene rings is 1. The molecule has 0 aliphatic heterocycles. The second-order valence-corrected chi connectivity index (χ2v) is 4.37. The molecule has 0 radical (unpaired) electrons. The molecule has 1 aromatic carbocycles. The number of anilines is 1. The van der Waals surface area contributed by atoms with Crippen molar-refractivity contribution >= 4 is 11.6 Å². The molecule has 1 rings (SSSR count). The summed E-state index contributed by atoms with van der Waals surface area (Å²) in [6, 6.07) is 12.7. The van der Waals surface area contributed by atoms with E-state index >= 15 is 0 Å². The van der Waals surface area contributed by atoms with E-state index in [-0.39, 0.29) is 19.0 Å². The van der Waals surface area contributed by atoms with E-state index in [1.165, 1.54) is 0 Å². The molecule has 1 N–H and O–H groups in total. The van der Waals surface area contributed by atoms with Crippen LogP contribution >= 0.6 is 0 Å². The number of carbonyl (C=O) groups is 1. The van der Waals surface area contributed by atoms with Crippen LogP contribution < -0.4 is 5.32 Å². The first kappa shape index (κ1) is 16.2. The van der Waals surface area contributed by atoms with Gasteiger partial charge < -0.3 is 5.32 Å². The molecule has 0 bridgehead atoms. The Balaban J connectivity index is 2.39. The van der Waals surface area contributed by atoms with Crippen LogP contribution in [-0.4, -0.2) is 30.4 Å². The van der Waals surface area contributed by atoms with Crippen molar-refractivity contribution in [2.45, 2.75) is 12.8 Å². The average molecular weight is 281 g/mol. The molecule has 0 saturated carbocycles. The second kappa shape index (κ2) is 9.09. The summed E-state index contributed by atoms with van der Waals surface area (Å²) in [7, 11) is 0. The maximum Gasteiger partial charge on any atom is 0.224 e. The van der Waals surface area contributed by atoms with Crippen molar-refractivity contribution in [2.75, 3.05) is 25.0 Å². The van der Waals surface area contributed by atoms with Crippen LogP contribution in [0.4, 0.5) is 5.69 Å². The number of nitrogens with one attached hydrogen (secondary N) is 1. The van der Waals surface area contributed by atoms with E-state index in [9.17, 15) is 4.79 Å². The normalized spacial score (nSPS) is 9.43. The van der Waals surface area contributed by atoms with E-state index in [4.69, 9.17) is 15.8 Å². The summed E-state index contributed by atoms with van der Waals surface area (Å²) in [4.78, 5) is 13.5. The first-order chi connectivity index (χ1) is 10.2. The Hall–Kier alpha value is -2.88. The van der Waals surface area contributed by atoms with Gasteiger partial charge in [0.2, 0.25) is 5.91 Å². The molecule has 1 aromatic rings. The van der Waals surface area contributed by atoms with Gasteiger partial charge in [-0.2, -0.15) is 15.8 Å². The Morgan fingerprint density at radius 1 is 1.19 bits per heavy atom. The first-order valence-corrected chi connectivity index (χ1v) is 6.46. The number of nitrogens with zero attached hydrogens (tertiary/aromatic N) is 4. The van der Waals surface area contributed by atoms with E-state index < -0.39 is 0 Å². The third kappa shape index (κ3) is 6.20. The Kier molecular flexibility index (Phi) is 7.00. The fourth-order valence-electron chi connectivity index (χ4n) is 1.77. The fraction of sp³-hybridized carbons (Fsp3) is 0.333. The minimum absolute atomic E-state index is 0.154. The van der Waals surface area contributed by atoms with Crippen molar-refractivity contribution in [3.05, 3.63) is 29.8 Å². The Morgan fingerprint density at radius 3 is 2.52 bits per heavy atom. The minimum atomic E-state index is -0.154. The lowest BCUT2D eigenvalue weighted by Gasteiger charge is -2.14. The van der Waals surface area contributed by atoms with Crippen LogP contribution in [0.2, 0.25) is 0 Å². The number of amides is 1. The molecule has 106 valence electrons. The third-order valence-electron chi connectivity index (χ3n) is 2.74. The van der Waals surface area contributed by atoms with Crippen molar-refractivity contribution in [3.8, 4) is 18.2 Å². The van der Waals surface area contributed by atoms with Gasteiger partial charge in [0, 0.05) is 18.7 Å². The topological polar surface area (TPSA) is 104 Å². The van der Waals surface area contributed by atoms with Crippen molar-refractivity contribution in [2.24, 2.45) is 0 Å². The van der Waals surface area contributed by atoms with Crippen LogP contribution in [0.15, 0.2) is 24.3 Å². The number of hydrogen-bond acceptors (Lipinski definition) is 5. The molecule has 0 fully saturated rings. The summed E-state index contributed by atoms with van der Waals surface area (Å²) in [5, 5.41) is 28.7. The second-order valence-electron chi connectivity index (χ2n) is 4.37. The van der Waals surface area contributed by atoms with E-state index in [0.717, 1.165) is 0 Å². The molecular formula is C15H15N5O. The maximum atomic E-state index is 11.8. The molecule has 0 aliphatic carbocycles. The zero-order chi connectivity index (χ0) is 15.5. The highest BCUT2D eigenvalue weighted by Crippen LogP contribution is 2.10. The summed E-state index contributed by atoms with van der Waals surface area (Å²) < 4.78 is 0. The van der Waals surface area contributed by atoms with Gasteiger partial charge in [-0.25, -0.2) is 0 Å². The summed E-state index contributed by atoms with van der Waals surface area (Å²) >= 11 is 0. The van der Waals surface area contributed by atoms with Crippen molar-refractivity contribution in [1.82, 2.24) is 4.90 Å². The minimum Gasteiger partial charge on any atom is -0.326 e. The zero-order valence-electron chi connectivity index (χ0n) is 11.5. The van der Waals surface area contributed by atoms with Crippen LogP contribution in [-0.2, 0) is 4.79 Å². The fourth-order valence-corrected chi connectivity index (χ4v) is 1.77. The maximum absolute atomic E-state index is 11.8. The van der Waals surface area contributed by atoms with E-state index in [0.29, 0.717) is 30.6 Å². The molecule has 0 aliphatic rings. The molecule has 1 amide bonds. The Bertz CT molecular complexity index is 590. The first-order valence-electron chi connectivity index (χ1n) is 6.46. The molecule has 21 heavy (non-hydrogen) atoms. The van der Waals surface area contributed by atoms with Gasteiger partial charge in [0.1, 0.15) is 0 Å². The summed E-state index contributed by atoms with van der Waals surface area (Å²) in [6.45, 7) is 0.881. The summed E-state index contributed by atoms with van der Waals surface area (Å²) in [5.74, 6) is -0.154. The molecule has 0 heterocycles. The Morgan fingerprint density at radius 2 is 1.90 bits per heavy atom. The standard InChI is InChI=1S/C15H15N5O/c16-6-9-20(10-7-17)8-2-5-15(21)19-14-4-1-3-13(11-14)12-18/h1,3-4,11H,2,5,8-10H2,(H,19,21). The van der Waals surface area contributed by atoms with E-state index in [2.05, 4.69) is 5.32 Å². The average Bonchev–Trinajstić information content (AvgIpc) is 2.48. The lowest BCUT2D eigenvalue weighted by atomic mass is 10.2. The van der Waals surface area contributed by atoms with Crippen LogP contribution in [0.3, 0.4) is 0 Å². The lowest BCUT2D eigenvalue weighted by Crippen LogP contribution is -2.26. The highest BCUT2D eigenvalue weighted by Gasteiger charge is 2.07. The van der Waals surface area contributed by atoms with Gasteiger partial charge in [-0.05, 0) is 24.6 Å². The van der Waals surface area contributed by atoms with Crippen LogP contribution in [0.1, 0.15) is 18.4 Å². The summed E-state index contributed by atoms with van der Waals surface area (Å²) in [5.41, 5.74) is 1.08. The van der Waals surface area contributed by atoms with Gasteiger partial charge >= 0.3 is 0 Å². The molecule has 0 saturated heterocycles. The smallest absolute Gasteiger partial charge is 0.224 e. The van der Waals surface area contributed by atoms with Gasteiger partial charge in [0.25, 0.3) is 0 Å². The molecule has 0 spiro atoms. The van der Waals surface area contributed by atoms with E-state index in [1.807, 2.05) is 18.2 Å². The highest BCUT2D eigenvalue weighted by molar-refractivity contribution is 5.90. The van der Waals surface area contributed by atoms with Gasteiger partial charge in [-0.3, -0.25) is 9.69 Å². The van der Waals surface area contributed by atoms with Crippen LogP contribution in [0.25, 0.3) is 0 Å². The zero-order valence-corrected chi connectivity index (χ0v) is 11.5. The number of nitriles is 3.